The molecule has 0 bridgehead atoms. The average molecular weight is 223 g/mol. The number of nitrogens with zero attached hydrogens (tertiary/aromatic N) is 1. The number of sulfone groups is 1. The number of ether oxygens (including phenoxy) is 1. The van der Waals surface area contributed by atoms with E-state index in [-0.39, 0.29) is 4.90 Å². The number of benzene rings is 1. The van der Waals surface area contributed by atoms with Gasteiger partial charge in [0.05, 0.1) is 12.0 Å². The molecule has 0 fully saturated rings. The van der Waals surface area contributed by atoms with Crippen LogP contribution in [0.4, 0.5) is 0 Å². The van der Waals surface area contributed by atoms with Crippen LogP contribution in [0.15, 0.2) is 40.6 Å². The largest absolute Gasteiger partial charge is 0.497 e. The lowest BCUT2D eigenvalue weighted by Gasteiger charge is -2.03. The minimum absolute atomic E-state index is 0.0369. The molecule has 0 spiro atoms. The van der Waals surface area contributed by atoms with Crippen molar-refractivity contribution in [1.82, 2.24) is 0 Å². The van der Waals surface area contributed by atoms with Crippen molar-refractivity contribution in [1.29, 1.82) is 5.26 Å². The smallest absolute Gasteiger partial charge is 0.216 e. The molecule has 0 atom stereocenters. The molecule has 0 N–H and O–H groups in total. The number of rotatable bonds is 3. The van der Waals surface area contributed by atoms with Gasteiger partial charge in [-0.3, -0.25) is 0 Å². The molecule has 1 rings (SSSR count). The molecule has 0 saturated carbocycles. The SMILES string of the molecule is C=C(C#N)S(=O)(=O)c1ccc(OC)cc1. The summed E-state index contributed by atoms with van der Waals surface area (Å²) < 4.78 is 28.1. The van der Waals surface area contributed by atoms with Gasteiger partial charge in [0.25, 0.3) is 0 Å². The number of methoxy groups -OCH3 is 1. The highest BCUT2D eigenvalue weighted by Gasteiger charge is 2.18. The van der Waals surface area contributed by atoms with E-state index < -0.39 is 14.7 Å². The summed E-state index contributed by atoms with van der Waals surface area (Å²) in [5.41, 5.74) is 0. The minimum atomic E-state index is -3.73. The van der Waals surface area contributed by atoms with E-state index in [2.05, 4.69) is 6.58 Å². The van der Waals surface area contributed by atoms with Gasteiger partial charge in [0, 0.05) is 0 Å². The van der Waals surface area contributed by atoms with Crippen LogP contribution >= 0.6 is 0 Å². The first-order valence-electron chi connectivity index (χ1n) is 4.00. The van der Waals surface area contributed by atoms with Gasteiger partial charge in [-0.15, -0.1) is 0 Å². The van der Waals surface area contributed by atoms with Crippen LogP contribution in [0.3, 0.4) is 0 Å². The van der Waals surface area contributed by atoms with Gasteiger partial charge in [-0.1, -0.05) is 6.58 Å². The Hall–Kier alpha value is -1.80. The maximum Gasteiger partial charge on any atom is 0.216 e. The molecule has 0 unspecified atom stereocenters. The molecule has 0 saturated heterocycles. The van der Waals surface area contributed by atoms with Gasteiger partial charge in [0.15, 0.2) is 0 Å². The van der Waals surface area contributed by atoms with E-state index in [0.29, 0.717) is 5.75 Å². The molecule has 0 aliphatic rings. The van der Waals surface area contributed by atoms with Gasteiger partial charge < -0.3 is 4.74 Å². The van der Waals surface area contributed by atoms with Gasteiger partial charge in [-0.2, -0.15) is 5.26 Å². The number of nitriles is 1. The quantitative estimate of drug-likeness (QED) is 0.728. The Labute approximate surface area is 88.3 Å². The molecule has 0 aromatic heterocycles. The summed E-state index contributed by atoms with van der Waals surface area (Å²) in [6.07, 6.45) is 0. The summed E-state index contributed by atoms with van der Waals surface area (Å²) in [4.78, 5) is -0.428. The molecule has 0 aliphatic carbocycles. The van der Waals surface area contributed by atoms with E-state index in [1.807, 2.05) is 0 Å². The lowest BCUT2D eigenvalue weighted by Crippen LogP contribution is -2.02. The van der Waals surface area contributed by atoms with E-state index in [9.17, 15) is 8.42 Å². The molecule has 5 heteroatoms. The fourth-order valence-corrected chi connectivity index (χ4v) is 1.86. The van der Waals surface area contributed by atoms with Gasteiger partial charge in [0.2, 0.25) is 9.84 Å². The van der Waals surface area contributed by atoms with E-state index in [1.54, 1.807) is 0 Å². The molecule has 0 radical (unpaired) electrons. The van der Waals surface area contributed by atoms with Crippen LogP contribution in [0.1, 0.15) is 0 Å². The minimum Gasteiger partial charge on any atom is -0.497 e. The third-order valence-electron chi connectivity index (χ3n) is 1.82. The van der Waals surface area contributed by atoms with E-state index in [1.165, 1.54) is 37.4 Å². The fourth-order valence-electron chi connectivity index (χ4n) is 0.957. The second-order valence-electron chi connectivity index (χ2n) is 2.71. The second kappa shape index (κ2) is 4.15. The van der Waals surface area contributed by atoms with E-state index in [0.717, 1.165) is 0 Å². The molecular formula is C10H9NO3S. The van der Waals surface area contributed by atoms with Crippen LogP contribution in [-0.2, 0) is 9.84 Å². The van der Waals surface area contributed by atoms with Crippen molar-refractivity contribution < 1.29 is 13.2 Å². The van der Waals surface area contributed by atoms with Crippen molar-refractivity contribution in [3.8, 4) is 11.8 Å². The zero-order chi connectivity index (χ0) is 11.5. The van der Waals surface area contributed by atoms with Crippen LogP contribution < -0.4 is 4.74 Å². The first kappa shape index (κ1) is 11.3. The summed E-state index contributed by atoms with van der Waals surface area (Å²) in [5.74, 6) is 0.552. The Morgan fingerprint density at radius 1 is 1.40 bits per heavy atom. The molecule has 1 aromatic rings. The highest BCUT2D eigenvalue weighted by Crippen LogP contribution is 2.20. The van der Waals surface area contributed by atoms with E-state index >= 15 is 0 Å². The van der Waals surface area contributed by atoms with Crippen LogP contribution in [0.25, 0.3) is 0 Å². The predicted molar refractivity (Wildman–Crippen MR) is 54.9 cm³/mol. The third kappa shape index (κ3) is 2.17. The summed E-state index contributed by atoms with van der Waals surface area (Å²) in [7, 11) is -2.24. The topological polar surface area (TPSA) is 67.2 Å². The zero-order valence-corrected chi connectivity index (χ0v) is 8.91. The van der Waals surface area contributed by atoms with Crippen molar-refractivity contribution in [2.24, 2.45) is 0 Å². The number of allylic oxidation sites excluding steroid dienone is 1. The highest BCUT2D eigenvalue weighted by atomic mass is 32.2. The zero-order valence-electron chi connectivity index (χ0n) is 8.10. The molecule has 78 valence electrons. The highest BCUT2D eigenvalue weighted by molar-refractivity contribution is 7.95. The first-order valence-corrected chi connectivity index (χ1v) is 5.49. The van der Waals surface area contributed by atoms with Crippen molar-refractivity contribution in [3.63, 3.8) is 0 Å². The van der Waals surface area contributed by atoms with Crippen molar-refractivity contribution in [2.45, 2.75) is 4.90 Å². The monoisotopic (exact) mass is 223 g/mol. The van der Waals surface area contributed by atoms with Crippen molar-refractivity contribution in [3.05, 3.63) is 35.7 Å². The first-order chi connectivity index (χ1) is 7.02. The van der Waals surface area contributed by atoms with Crippen LogP contribution in [0.2, 0.25) is 0 Å². The standard InChI is InChI=1S/C10H9NO3S/c1-8(7-11)15(12,13)10-5-3-9(14-2)4-6-10/h3-6H,1H2,2H3. The lowest BCUT2D eigenvalue weighted by molar-refractivity contribution is 0.414. The fraction of sp³-hybridized carbons (Fsp3) is 0.100. The Balaban J connectivity index is 3.19. The second-order valence-corrected chi connectivity index (χ2v) is 4.69. The average Bonchev–Trinajstić information content (AvgIpc) is 2.28. The maximum absolute atomic E-state index is 11.6. The molecule has 0 heterocycles. The Morgan fingerprint density at radius 2 is 1.93 bits per heavy atom. The molecule has 1 aromatic carbocycles. The maximum atomic E-state index is 11.6. The lowest BCUT2D eigenvalue weighted by atomic mass is 10.3. The Bertz CT molecular complexity index is 509. The molecular weight excluding hydrogens is 214 g/mol. The summed E-state index contributed by atoms with van der Waals surface area (Å²) in [5, 5.41) is 8.48. The summed E-state index contributed by atoms with van der Waals surface area (Å²) in [6.45, 7) is 3.18. The van der Waals surface area contributed by atoms with E-state index in [4.69, 9.17) is 10.00 Å². The Morgan fingerprint density at radius 3 is 2.33 bits per heavy atom. The molecule has 0 amide bonds. The number of hydrogen-bond acceptors (Lipinski definition) is 4. The Kier molecular flexibility index (Phi) is 3.12. The van der Waals surface area contributed by atoms with Crippen molar-refractivity contribution >= 4 is 9.84 Å². The van der Waals surface area contributed by atoms with Gasteiger partial charge in [0.1, 0.15) is 16.7 Å². The summed E-state index contributed by atoms with van der Waals surface area (Å²) in [6, 6.07) is 7.28. The normalized spacial score (nSPS) is 10.4. The molecule has 0 aliphatic heterocycles. The van der Waals surface area contributed by atoms with Gasteiger partial charge >= 0.3 is 0 Å². The van der Waals surface area contributed by atoms with Gasteiger partial charge in [-0.05, 0) is 24.3 Å². The summed E-state index contributed by atoms with van der Waals surface area (Å²) >= 11 is 0. The molecule has 4 nitrogen and oxygen atoms in total. The number of hydrogen-bond donors (Lipinski definition) is 0. The van der Waals surface area contributed by atoms with Crippen LogP contribution in [0, 0.1) is 11.3 Å². The van der Waals surface area contributed by atoms with Crippen LogP contribution in [0.5, 0.6) is 5.75 Å². The molecule has 15 heavy (non-hydrogen) atoms. The van der Waals surface area contributed by atoms with Crippen LogP contribution in [-0.4, -0.2) is 15.5 Å². The van der Waals surface area contributed by atoms with Crippen molar-refractivity contribution in [2.75, 3.05) is 7.11 Å². The van der Waals surface area contributed by atoms with Gasteiger partial charge in [-0.25, -0.2) is 8.42 Å². The third-order valence-corrected chi connectivity index (χ3v) is 3.45. The predicted octanol–water partition coefficient (Wildman–Crippen LogP) is 1.51.